The summed E-state index contributed by atoms with van der Waals surface area (Å²) in [4.78, 5) is 30.6. The molecular weight excluding hydrogens is 662 g/mol. The van der Waals surface area contributed by atoms with E-state index in [0.717, 1.165) is 14.7 Å². The van der Waals surface area contributed by atoms with E-state index in [1.54, 1.807) is 37.4 Å². The number of nitrogens with zero attached hydrogens (tertiary/aromatic N) is 2. The van der Waals surface area contributed by atoms with Gasteiger partial charge in [-0.05, 0) is 101 Å². The summed E-state index contributed by atoms with van der Waals surface area (Å²) in [7, 11) is 1.63. The summed E-state index contributed by atoms with van der Waals surface area (Å²) in [5.74, 6) is -0.116. The van der Waals surface area contributed by atoms with Gasteiger partial charge in [0.1, 0.15) is 6.61 Å². The number of hydrogen-bond donors (Lipinski definition) is 1. The molecule has 0 saturated carbocycles. The van der Waals surface area contributed by atoms with Gasteiger partial charge in [0.05, 0.1) is 36.4 Å². The van der Waals surface area contributed by atoms with Gasteiger partial charge in [-0.3, -0.25) is 9.69 Å². The number of hydrogen-bond acceptors (Lipinski definition) is 6. The Morgan fingerprint density at radius 3 is 2.63 bits per heavy atom. The van der Waals surface area contributed by atoms with Gasteiger partial charge in [-0.25, -0.2) is 9.79 Å². The van der Waals surface area contributed by atoms with E-state index in [4.69, 9.17) is 32.7 Å². The molecule has 0 bridgehead atoms. The van der Waals surface area contributed by atoms with Crippen molar-refractivity contribution < 1.29 is 24.2 Å². The summed E-state index contributed by atoms with van der Waals surface area (Å²) in [5, 5.41) is 10.6. The van der Waals surface area contributed by atoms with E-state index >= 15 is 0 Å². The Kier molecular flexibility index (Phi) is 9.24. The number of aliphatic imine (C=N–C) groups is 1. The van der Waals surface area contributed by atoms with E-state index in [2.05, 4.69) is 27.6 Å². The summed E-state index contributed by atoms with van der Waals surface area (Å²) in [6.45, 7) is 2.59. The van der Waals surface area contributed by atoms with Crippen LogP contribution in [0.4, 0.5) is 5.69 Å². The van der Waals surface area contributed by atoms with Gasteiger partial charge in [0.2, 0.25) is 0 Å². The molecule has 7 nitrogen and oxygen atoms in total. The predicted molar refractivity (Wildman–Crippen MR) is 160 cm³/mol. The molecule has 0 atom stereocenters. The number of carbonyl (C=O) groups is 2. The molecule has 0 aromatic heterocycles. The number of halogens is 3. The highest BCUT2D eigenvalue weighted by Gasteiger charge is 2.30. The number of aromatic carboxylic acids is 1. The van der Waals surface area contributed by atoms with E-state index in [9.17, 15) is 14.7 Å². The van der Waals surface area contributed by atoms with Crippen molar-refractivity contribution in [2.45, 2.75) is 13.5 Å². The zero-order chi connectivity index (χ0) is 27.4. The number of ether oxygens (including phenoxy) is 2. The van der Waals surface area contributed by atoms with Gasteiger partial charge in [-0.15, -0.1) is 0 Å². The molecule has 38 heavy (non-hydrogen) atoms. The molecule has 1 aliphatic rings. The fourth-order valence-corrected chi connectivity index (χ4v) is 5.57. The number of amides is 1. The second kappa shape index (κ2) is 12.4. The summed E-state index contributed by atoms with van der Waals surface area (Å²) in [5.41, 5.74) is 2.20. The molecule has 1 amide bonds. The number of carboxylic acid groups (broad SMARTS) is 1. The summed E-state index contributed by atoms with van der Waals surface area (Å²) < 4.78 is 12.7. The number of benzene rings is 3. The monoisotopic (exact) mass is 682 g/mol. The van der Waals surface area contributed by atoms with Crippen molar-refractivity contribution in [1.82, 2.24) is 4.90 Å². The average Bonchev–Trinajstić information content (AvgIpc) is 3.13. The number of carboxylic acids is 1. The summed E-state index contributed by atoms with van der Waals surface area (Å²) in [6.07, 6.45) is 1.77. The third-order valence-electron chi connectivity index (χ3n) is 5.32. The number of carbonyl (C=O) groups excluding carboxylic acids is 1. The van der Waals surface area contributed by atoms with Crippen molar-refractivity contribution in [3.05, 3.63) is 89.8 Å². The molecule has 1 fully saturated rings. The van der Waals surface area contributed by atoms with E-state index in [0.29, 0.717) is 43.9 Å². The van der Waals surface area contributed by atoms with Gasteiger partial charge in [0, 0.05) is 7.05 Å². The minimum Gasteiger partial charge on any atom is -0.490 e. The van der Waals surface area contributed by atoms with Crippen molar-refractivity contribution >= 4 is 86.4 Å². The fraction of sp³-hybridized carbons (Fsp3) is 0.148. The Bertz CT molecular complexity index is 1480. The first kappa shape index (κ1) is 28.3. The van der Waals surface area contributed by atoms with Crippen LogP contribution in [0.2, 0.25) is 10.0 Å². The zero-order valence-corrected chi connectivity index (χ0v) is 24.7. The number of amidine groups is 1. The molecule has 11 heteroatoms. The topological polar surface area (TPSA) is 88.4 Å². The average molecular weight is 683 g/mol. The molecule has 4 rings (SSSR count). The van der Waals surface area contributed by atoms with Crippen LogP contribution in [0.3, 0.4) is 0 Å². The first-order chi connectivity index (χ1) is 18.2. The molecule has 0 spiro atoms. The van der Waals surface area contributed by atoms with Gasteiger partial charge in [0.15, 0.2) is 16.7 Å². The fourth-order valence-electron chi connectivity index (χ4n) is 3.48. The number of thioether (sulfide) groups is 1. The molecule has 1 N–H and O–H groups in total. The first-order valence-electron chi connectivity index (χ1n) is 11.3. The van der Waals surface area contributed by atoms with Gasteiger partial charge in [-0.1, -0.05) is 35.3 Å². The predicted octanol–water partition coefficient (Wildman–Crippen LogP) is 7.51. The standard InChI is InChI=1S/C27H21Cl2IN2O5S/c1-3-36-22-11-16(10-21(30)24(22)37-14-15-7-8-19(28)20(29)9-15)12-23-25(33)32(2)27(38-23)31-18-6-4-5-17(13-18)26(34)35/h4-13H,3,14H2,1-2H3,(H,34,35). The number of rotatable bonds is 8. The van der Waals surface area contributed by atoms with Crippen LogP contribution in [0.25, 0.3) is 6.08 Å². The first-order valence-corrected chi connectivity index (χ1v) is 13.9. The lowest BCUT2D eigenvalue weighted by atomic mass is 10.1. The Morgan fingerprint density at radius 2 is 1.92 bits per heavy atom. The Balaban J connectivity index is 1.59. The molecule has 1 saturated heterocycles. The van der Waals surface area contributed by atoms with Crippen LogP contribution in [-0.2, 0) is 11.4 Å². The van der Waals surface area contributed by atoms with Crippen LogP contribution in [0, 0.1) is 3.57 Å². The molecule has 0 aliphatic carbocycles. The lowest BCUT2D eigenvalue weighted by Crippen LogP contribution is -2.23. The van der Waals surface area contributed by atoms with E-state index < -0.39 is 5.97 Å². The zero-order valence-electron chi connectivity index (χ0n) is 20.2. The van der Waals surface area contributed by atoms with Crippen molar-refractivity contribution in [2.75, 3.05) is 13.7 Å². The maximum absolute atomic E-state index is 12.9. The van der Waals surface area contributed by atoms with Crippen LogP contribution in [0.1, 0.15) is 28.4 Å². The third kappa shape index (κ3) is 6.63. The SMILES string of the molecule is CCOc1cc(C=C2SC(=Nc3cccc(C(=O)O)c3)N(C)C2=O)cc(I)c1OCc1ccc(Cl)c(Cl)c1. The van der Waals surface area contributed by atoms with Crippen molar-refractivity contribution in [1.29, 1.82) is 0 Å². The molecule has 3 aromatic carbocycles. The third-order valence-corrected chi connectivity index (χ3v) is 7.92. The van der Waals surface area contributed by atoms with Crippen LogP contribution in [0.15, 0.2) is 64.5 Å². The highest BCUT2D eigenvalue weighted by atomic mass is 127. The van der Waals surface area contributed by atoms with Gasteiger partial charge >= 0.3 is 5.97 Å². The Hall–Kier alpha value is -2.73. The van der Waals surface area contributed by atoms with Crippen molar-refractivity contribution in [2.24, 2.45) is 4.99 Å². The lowest BCUT2D eigenvalue weighted by Gasteiger charge is -2.15. The van der Waals surface area contributed by atoms with E-state index in [1.165, 1.54) is 28.8 Å². The molecule has 196 valence electrons. The summed E-state index contributed by atoms with van der Waals surface area (Å²) >= 11 is 15.5. The molecule has 1 aliphatic heterocycles. The second-order valence-corrected chi connectivity index (χ2v) is 11.0. The lowest BCUT2D eigenvalue weighted by molar-refractivity contribution is -0.121. The molecule has 0 unspecified atom stereocenters. The molecular formula is C27H21Cl2IN2O5S. The molecule has 0 radical (unpaired) electrons. The van der Waals surface area contributed by atoms with Gasteiger partial charge in [-0.2, -0.15) is 0 Å². The van der Waals surface area contributed by atoms with E-state index in [1.807, 2.05) is 25.1 Å². The maximum atomic E-state index is 12.9. The van der Waals surface area contributed by atoms with Crippen molar-refractivity contribution in [3.8, 4) is 11.5 Å². The highest BCUT2D eigenvalue weighted by Crippen LogP contribution is 2.38. The largest absolute Gasteiger partial charge is 0.490 e. The Morgan fingerprint density at radius 1 is 1.13 bits per heavy atom. The minimum absolute atomic E-state index is 0.124. The van der Waals surface area contributed by atoms with Crippen molar-refractivity contribution in [3.63, 3.8) is 0 Å². The van der Waals surface area contributed by atoms with Crippen LogP contribution >= 0.6 is 57.6 Å². The normalized spacial score (nSPS) is 15.4. The van der Waals surface area contributed by atoms with Crippen LogP contribution in [0.5, 0.6) is 11.5 Å². The minimum atomic E-state index is -1.04. The highest BCUT2D eigenvalue weighted by molar-refractivity contribution is 14.1. The smallest absolute Gasteiger partial charge is 0.335 e. The number of likely N-dealkylation sites (N-methyl/N-ethyl adjacent to an activating group) is 1. The second-order valence-electron chi connectivity index (χ2n) is 8.02. The van der Waals surface area contributed by atoms with Gasteiger partial charge in [0.25, 0.3) is 5.91 Å². The van der Waals surface area contributed by atoms with Crippen LogP contribution in [-0.4, -0.2) is 40.7 Å². The molecule has 3 aromatic rings. The molecule has 1 heterocycles. The van der Waals surface area contributed by atoms with Gasteiger partial charge < -0.3 is 14.6 Å². The Labute approximate surface area is 247 Å². The summed E-state index contributed by atoms with van der Waals surface area (Å²) in [6, 6.07) is 15.3. The van der Waals surface area contributed by atoms with Crippen LogP contribution < -0.4 is 9.47 Å². The van der Waals surface area contributed by atoms with E-state index in [-0.39, 0.29) is 18.1 Å². The quantitative estimate of drug-likeness (QED) is 0.196. The maximum Gasteiger partial charge on any atom is 0.335 e.